The van der Waals surface area contributed by atoms with Gasteiger partial charge in [0.15, 0.2) is 5.05 Å². The molecular formula is C36H44O5S. The van der Waals surface area contributed by atoms with Crippen molar-refractivity contribution in [2.24, 2.45) is 5.92 Å². The molecule has 3 aromatic rings. The second-order valence-electron chi connectivity index (χ2n) is 10.9. The molecule has 0 spiro atoms. The summed E-state index contributed by atoms with van der Waals surface area (Å²) in [5, 5.41) is 0.400. The zero-order valence-electron chi connectivity index (χ0n) is 25.2. The predicted molar refractivity (Wildman–Crippen MR) is 173 cm³/mol. The quantitative estimate of drug-likeness (QED) is 0.0718. The molecule has 0 unspecified atom stereocenters. The van der Waals surface area contributed by atoms with Crippen LogP contribution in [0.15, 0.2) is 72.8 Å². The molecule has 0 saturated carbocycles. The number of benzene rings is 3. The topological polar surface area (TPSA) is 61.8 Å². The monoisotopic (exact) mass is 588 g/mol. The van der Waals surface area contributed by atoms with Gasteiger partial charge in [0, 0.05) is 11.1 Å². The molecule has 0 aliphatic heterocycles. The maximum Gasteiger partial charge on any atom is 0.516 e. The smallest absolute Gasteiger partial charge is 0.445 e. The van der Waals surface area contributed by atoms with Gasteiger partial charge in [-0.25, -0.2) is 9.59 Å². The van der Waals surface area contributed by atoms with Crippen LogP contribution in [0.4, 0.5) is 4.79 Å². The van der Waals surface area contributed by atoms with Crippen molar-refractivity contribution < 1.29 is 23.8 Å². The van der Waals surface area contributed by atoms with Gasteiger partial charge in [-0.1, -0.05) is 127 Å². The average molecular weight is 589 g/mol. The number of unbranched alkanes of at least 4 members (excludes halogenated alkanes) is 7. The Morgan fingerprint density at radius 1 is 0.786 bits per heavy atom. The first-order valence-corrected chi connectivity index (χ1v) is 15.7. The lowest BCUT2D eigenvalue weighted by Gasteiger charge is -2.15. The van der Waals surface area contributed by atoms with Crippen LogP contribution in [0.25, 0.3) is 11.1 Å². The Labute approximate surface area is 256 Å². The number of hydrogen-bond acceptors (Lipinski definition) is 6. The summed E-state index contributed by atoms with van der Waals surface area (Å²) in [7, 11) is 0. The Balaban J connectivity index is 1.70. The summed E-state index contributed by atoms with van der Waals surface area (Å²) in [4.78, 5) is 24.4. The molecule has 1 atom stereocenters. The molecule has 0 N–H and O–H groups in total. The zero-order chi connectivity index (χ0) is 30.2. The zero-order valence-corrected chi connectivity index (χ0v) is 26.0. The van der Waals surface area contributed by atoms with E-state index in [1.54, 1.807) is 12.1 Å². The van der Waals surface area contributed by atoms with Crippen molar-refractivity contribution in [3.63, 3.8) is 0 Å². The SMILES string of the molecule is CCCCCCCCCCc1ccc(-c2ccc(C(=O)OC(=O)OC[C@@H](C)CC)cc2)c(OC(=S)c2ccccc2)c1. The highest BCUT2D eigenvalue weighted by Gasteiger charge is 2.17. The highest BCUT2D eigenvalue weighted by Crippen LogP contribution is 2.33. The van der Waals surface area contributed by atoms with E-state index in [1.807, 2.05) is 62.4 Å². The lowest BCUT2D eigenvalue weighted by atomic mass is 9.98. The standard InChI is InChI=1S/C36H44O5S/c1-4-6-7-8-9-10-11-13-16-28-19-24-32(33(25-28)40-35(42)31-17-14-12-15-18-31)29-20-22-30(23-21-29)34(37)41-36(38)39-26-27(3)5-2/h12,14-15,17-25,27H,4-11,13,16,26H2,1-3H3/t27-/m0/s1. The number of aryl methyl sites for hydroxylation is 1. The van der Waals surface area contributed by atoms with Crippen molar-refractivity contribution in [2.45, 2.75) is 85.0 Å². The Morgan fingerprint density at radius 3 is 2.12 bits per heavy atom. The minimum atomic E-state index is -0.985. The van der Waals surface area contributed by atoms with Gasteiger partial charge in [-0.3, -0.25) is 0 Å². The largest absolute Gasteiger partial charge is 0.516 e. The van der Waals surface area contributed by atoms with Crippen LogP contribution in [0.3, 0.4) is 0 Å². The summed E-state index contributed by atoms with van der Waals surface area (Å²) in [5.74, 6) is 0.118. The number of carbonyl (C=O) groups is 2. The first-order chi connectivity index (χ1) is 20.4. The molecule has 0 bridgehead atoms. The van der Waals surface area contributed by atoms with Gasteiger partial charge >= 0.3 is 12.1 Å². The van der Waals surface area contributed by atoms with Crippen molar-refractivity contribution in [1.29, 1.82) is 0 Å². The maximum atomic E-state index is 12.5. The molecule has 0 aliphatic carbocycles. The van der Waals surface area contributed by atoms with Crippen LogP contribution in [-0.4, -0.2) is 23.8 Å². The third-order valence-electron chi connectivity index (χ3n) is 7.37. The van der Waals surface area contributed by atoms with Crippen LogP contribution < -0.4 is 4.74 Å². The Bertz CT molecular complexity index is 1270. The van der Waals surface area contributed by atoms with Crippen LogP contribution in [-0.2, 0) is 15.9 Å². The number of thiocarbonyl (C=S) groups is 1. The minimum absolute atomic E-state index is 0.199. The first kappa shape index (κ1) is 33.0. The molecule has 0 saturated heterocycles. The molecule has 0 aliphatic rings. The molecule has 6 heteroatoms. The first-order valence-electron chi connectivity index (χ1n) is 15.3. The van der Waals surface area contributed by atoms with E-state index in [-0.39, 0.29) is 18.1 Å². The van der Waals surface area contributed by atoms with E-state index in [9.17, 15) is 9.59 Å². The molecule has 0 aromatic heterocycles. The normalized spacial score (nSPS) is 11.5. The number of hydrogen-bond donors (Lipinski definition) is 0. The van der Waals surface area contributed by atoms with Crippen LogP contribution >= 0.6 is 12.2 Å². The van der Waals surface area contributed by atoms with E-state index in [0.717, 1.165) is 36.0 Å². The fourth-order valence-electron chi connectivity index (χ4n) is 4.52. The van der Waals surface area contributed by atoms with Gasteiger partial charge in [-0.2, -0.15) is 0 Å². The van der Waals surface area contributed by atoms with Crippen LogP contribution in [0.5, 0.6) is 5.75 Å². The highest BCUT2D eigenvalue weighted by atomic mass is 32.1. The summed E-state index contributed by atoms with van der Waals surface area (Å²) in [6.45, 7) is 6.42. The van der Waals surface area contributed by atoms with Gasteiger partial charge in [0.25, 0.3) is 0 Å². The minimum Gasteiger partial charge on any atom is -0.445 e. The molecule has 0 fully saturated rings. The van der Waals surface area contributed by atoms with Crippen molar-refractivity contribution in [1.82, 2.24) is 0 Å². The Hall–Kier alpha value is -3.51. The summed E-state index contributed by atoms with van der Waals surface area (Å²) in [6, 6.07) is 22.8. The van der Waals surface area contributed by atoms with E-state index in [4.69, 9.17) is 26.4 Å². The maximum absolute atomic E-state index is 12.5. The van der Waals surface area contributed by atoms with Gasteiger partial charge in [0.2, 0.25) is 0 Å². The third-order valence-corrected chi connectivity index (χ3v) is 7.69. The van der Waals surface area contributed by atoms with Gasteiger partial charge in [0.05, 0.1) is 12.2 Å². The molecule has 0 radical (unpaired) electrons. The lowest BCUT2D eigenvalue weighted by Crippen LogP contribution is -2.17. The van der Waals surface area contributed by atoms with E-state index >= 15 is 0 Å². The van der Waals surface area contributed by atoms with Crippen molar-refractivity contribution in [2.75, 3.05) is 6.61 Å². The second-order valence-corrected chi connectivity index (χ2v) is 11.2. The molecule has 3 aromatic carbocycles. The molecule has 3 rings (SSSR count). The van der Waals surface area contributed by atoms with E-state index in [0.29, 0.717) is 10.8 Å². The number of esters is 1. The molecule has 224 valence electrons. The van der Waals surface area contributed by atoms with Crippen LogP contribution in [0.2, 0.25) is 0 Å². The lowest BCUT2D eigenvalue weighted by molar-refractivity contribution is 0.0342. The molecule has 0 amide bonds. The number of ether oxygens (including phenoxy) is 3. The van der Waals surface area contributed by atoms with Gasteiger partial charge in [0.1, 0.15) is 5.75 Å². The second kappa shape index (κ2) is 18.1. The van der Waals surface area contributed by atoms with Crippen molar-refractivity contribution in [3.05, 3.63) is 89.5 Å². The van der Waals surface area contributed by atoms with Crippen LogP contribution in [0, 0.1) is 5.92 Å². The third kappa shape index (κ3) is 11.1. The van der Waals surface area contributed by atoms with E-state index in [2.05, 4.69) is 19.1 Å². The molecule has 0 heterocycles. The molecular weight excluding hydrogens is 544 g/mol. The van der Waals surface area contributed by atoms with Gasteiger partial charge in [-0.15, -0.1) is 0 Å². The van der Waals surface area contributed by atoms with Crippen LogP contribution in [0.1, 0.15) is 100 Å². The summed E-state index contributed by atoms with van der Waals surface area (Å²) in [6.07, 6.45) is 11.1. The summed E-state index contributed by atoms with van der Waals surface area (Å²) in [5.41, 5.74) is 4.01. The molecule has 42 heavy (non-hydrogen) atoms. The summed E-state index contributed by atoms with van der Waals surface area (Å²) < 4.78 is 16.2. The van der Waals surface area contributed by atoms with E-state index in [1.165, 1.54) is 50.5 Å². The van der Waals surface area contributed by atoms with Gasteiger partial charge < -0.3 is 14.2 Å². The van der Waals surface area contributed by atoms with Gasteiger partial charge in [-0.05, 0) is 60.3 Å². The Morgan fingerprint density at radius 2 is 1.45 bits per heavy atom. The number of carbonyl (C=O) groups excluding carboxylic acids is 2. The number of rotatable bonds is 16. The van der Waals surface area contributed by atoms with Crippen molar-refractivity contribution in [3.8, 4) is 16.9 Å². The fraction of sp³-hybridized carbons (Fsp3) is 0.417. The fourth-order valence-corrected chi connectivity index (χ4v) is 4.75. The Kier molecular flexibility index (Phi) is 14.2. The van der Waals surface area contributed by atoms with Crippen molar-refractivity contribution >= 4 is 29.4 Å². The average Bonchev–Trinajstić information content (AvgIpc) is 3.01. The molecule has 5 nitrogen and oxygen atoms in total. The van der Waals surface area contributed by atoms with E-state index < -0.39 is 12.1 Å². The predicted octanol–water partition coefficient (Wildman–Crippen LogP) is 10.1. The summed E-state index contributed by atoms with van der Waals surface area (Å²) >= 11 is 5.63. The highest BCUT2D eigenvalue weighted by molar-refractivity contribution is 7.80.